The van der Waals surface area contributed by atoms with Gasteiger partial charge in [-0.2, -0.15) is 48.5 Å². The Balaban J connectivity index is 0.000000175. The summed E-state index contributed by atoms with van der Waals surface area (Å²) in [6.45, 7) is 0. The number of carbonyl (C=O) groups is 1. The van der Waals surface area contributed by atoms with Gasteiger partial charge in [0.05, 0.1) is 7.11 Å². The van der Waals surface area contributed by atoms with Crippen molar-refractivity contribution >= 4 is 5.78 Å². The van der Waals surface area contributed by atoms with Crippen molar-refractivity contribution in [3.8, 4) is 28.1 Å². The van der Waals surface area contributed by atoms with Gasteiger partial charge in [0.15, 0.2) is 0 Å². The summed E-state index contributed by atoms with van der Waals surface area (Å²) in [5, 5.41) is 0. The Bertz CT molecular complexity index is 1090. The molecule has 0 saturated carbocycles. The zero-order chi connectivity index (χ0) is 20.1. The summed E-state index contributed by atoms with van der Waals surface area (Å²) >= 11 is 0. The minimum absolute atomic E-state index is 0. The van der Waals surface area contributed by atoms with Crippen LogP contribution in [0.1, 0.15) is 15.9 Å². The fraction of sp³-hybridized carbons (Fsp3) is 0.0769. The predicted octanol–water partition coefficient (Wildman–Crippen LogP) is 5.25. The third kappa shape index (κ3) is 4.58. The molecule has 0 N–H and O–H groups in total. The molecule has 1 heterocycles. The number of hydrogen-bond acceptors (Lipinski definition) is 3. The maximum absolute atomic E-state index is 12.0. The van der Waals surface area contributed by atoms with E-state index >= 15 is 0 Å². The Morgan fingerprint density at radius 3 is 2.13 bits per heavy atom. The van der Waals surface area contributed by atoms with Crippen molar-refractivity contribution in [3.05, 3.63) is 108 Å². The average Bonchev–Trinajstić information content (AvgIpc) is 2.81. The Morgan fingerprint density at radius 2 is 1.53 bits per heavy atom. The summed E-state index contributed by atoms with van der Waals surface area (Å²) in [6, 6.07) is 32.4. The van der Waals surface area contributed by atoms with E-state index in [4.69, 9.17) is 4.74 Å². The van der Waals surface area contributed by atoms with Crippen LogP contribution in [0.5, 0.6) is 5.75 Å². The fourth-order valence-corrected chi connectivity index (χ4v) is 3.29. The summed E-state index contributed by atoms with van der Waals surface area (Å²) in [5.74, 6) is 0.807. The number of carbonyl (C=O) groups excluding carboxylic acids is 1. The first-order valence-corrected chi connectivity index (χ1v) is 9.28. The molecule has 1 aromatic heterocycles. The van der Waals surface area contributed by atoms with Gasteiger partial charge in [-0.05, 0) is 17.3 Å². The van der Waals surface area contributed by atoms with Crippen LogP contribution in [0.25, 0.3) is 22.4 Å². The number of rotatable bonds is 2. The Hall–Kier alpha value is -3.03. The molecular formula is C26H18NO2Pt-3. The van der Waals surface area contributed by atoms with Crippen LogP contribution in [-0.4, -0.2) is 17.9 Å². The molecule has 0 bridgehead atoms. The third-order valence-corrected chi connectivity index (χ3v) is 4.67. The maximum atomic E-state index is 12.0. The first-order chi connectivity index (χ1) is 14.3. The minimum atomic E-state index is 0. The monoisotopic (exact) mass is 571 g/mol. The number of methoxy groups -OCH3 is 1. The van der Waals surface area contributed by atoms with E-state index in [2.05, 4.69) is 23.2 Å². The van der Waals surface area contributed by atoms with E-state index in [1.807, 2.05) is 60.7 Å². The molecule has 0 radical (unpaired) electrons. The van der Waals surface area contributed by atoms with Gasteiger partial charge in [0, 0.05) is 33.7 Å². The van der Waals surface area contributed by atoms with E-state index < -0.39 is 0 Å². The zero-order valence-electron chi connectivity index (χ0n) is 16.3. The maximum Gasteiger partial charge on any atom is 0.125 e. The van der Waals surface area contributed by atoms with Gasteiger partial charge in [0.2, 0.25) is 0 Å². The zero-order valence-corrected chi connectivity index (χ0v) is 18.6. The molecule has 4 heteroatoms. The number of pyridine rings is 1. The van der Waals surface area contributed by atoms with Gasteiger partial charge < -0.3 is 14.5 Å². The molecule has 0 amide bonds. The minimum Gasteiger partial charge on any atom is -0.497 e. The Labute approximate surface area is 191 Å². The first kappa shape index (κ1) is 21.7. The van der Waals surface area contributed by atoms with E-state index in [0.29, 0.717) is 17.7 Å². The molecule has 30 heavy (non-hydrogen) atoms. The number of ether oxygens (including phenoxy) is 1. The molecule has 0 fully saturated rings. The molecule has 5 rings (SSSR count). The van der Waals surface area contributed by atoms with Gasteiger partial charge in [0.1, 0.15) is 11.5 Å². The second-order valence-electron chi connectivity index (χ2n) is 6.45. The number of benzene rings is 3. The van der Waals surface area contributed by atoms with Crippen LogP contribution in [0.4, 0.5) is 0 Å². The number of hydrogen-bond donors (Lipinski definition) is 0. The summed E-state index contributed by atoms with van der Waals surface area (Å²) < 4.78 is 5.27. The Kier molecular flexibility index (Phi) is 7.32. The fourth-order valence-electron chi connectivity index (χ4n) is 3.29. The van der Waals surface area contributed by atoms with Gasteiger partial charge in [-0.3, -0.25) is 0 Å². The van der Waals surface area contributed by atoms with Crippen LogP contribution in [0, 0.1) is 18.2 Å². The number of aromatic nitrogens is 1. The standard InChI is InChI=1S/C14H10NO2.C12H8.Pt/c1-17-13-6-7-15-14-10-5-3-2-4-9(10)12(16)8-11(13)14;1-3-7-11(8-4-1)12-9-5-2-6-10-12;/h2-4,6-7H,8H2,1H3;1-7,9H;/q-1;-2;. The van der Waals surface area contributed by atoms with Gasteiger partial charge >= 0.3 is 0 Å². The molecular weight excluding hydrogens is 553 g/mol. The molecule has 3 nitrogen and oxygen atoms in total. The summed E-state index contributed by atoms with van der Waals surface area (Å²) in [4.78, 5) is 16.4. The second-order valence-corrected chi connectivity index (χ2v) is 6.45. The molecule has 3 aromatic carbocycles. The SMILES string of the molecule is COc1ccnc2c1CC(=O)c1ccc[c-]c1-2.[Pt].[c-]1ccccc1-c1[c-]cccc1. The van der Waals surface area contributed by atoms with Crippen molar-refractivity contribution in [2.45, 2.75) is 6.42 Å². The van der Waals surface area contributed by atoms with Crippen molar-refractivity contribution in [2.75, 3.05) is 7.11 Å². The van der Waals surface area contributed by atoms with Gasteiger partial charge in [-0.25, -0.2) is 11.1 Å². The summed E-state index contributed by atoms with van der Waals surface area (Å²) in [5.41, 5.74) is 5.32. The molecule has 0 unspecified atom stereocenters. The molecule has 0 spiro atoms. The summed E-state index contributed by atoms with van der Waals surface area (Å²) in [6.07, 6.45) is 2.04. The largest absolute Gasteiger partial charge is 0.497 e. The van der Waals surface area contributed by atoms with E-state index in [1.165, 1.54) is 0 Å². The van der Waals surface area contributed by atoms with Crippen LogP contribution < -0.4 is 4.74 Å². The second kappa shape index (κ2) is 10.1. The van der Waals surface area contributed by atoms with Gasteiger partial charge in [-0.1, -0.05) is 5.56 Å². The van der Waals surface area contributed by atoms with E-state index in [0.717, 1.165) is 27.9 Å². The number of nitrogens with zero attached hydrogens (tertiary/aromatic N) is 1. The van der Waals surface area contributed by atoms with E-state index in [-0.39, 0.29) is 26.8 Å². The molecule has 1 aliphatic carbocycles. The Morgan fingerprint density at radius 1 is 0.867 bits per heavy atom. The van der Waals surface area contributed by atoms with Crippen LogP contribution >= 0.6 is 0 Å². The van der Waals surface area contributed by atoms with E-state index in [9.17, 15) is 4.79 Å². The molecule has 152 valence electrons. The summed E-state index contributed by atoms with van der Waals surface area (Å²) in [7, 11) is 1.60. The van der Waals surface area contributed by atoms with Crippen molar-refractivity contribution in [2.24, 2.45) is 0 Å². The average molecular weight is 572 g/mol. The van der Waals surface area contributed by atoms with Crippen molar-refractivity contribution in [1.82, 2.24) is 4.98 Å². The van der Waals surface area contributed by atoms with Gasteiger partial charge in [-0.15, -0.1) is 42.0 Å². The van der Waals surface area contributed by atoms with Crippen LogP contribution in [0.2, 0.25) is 0 Å². The van der Waals surface area contributed by atoms with Crippen LogP contribution in [0.15, 0.2) is 79.0 Å². The third-order valence-electron chi connectivity index (χ3n) is 4.67. The molecule has 0 atom stereocenters. The number of ketones is 1. The van der Waals surface area contributed by atoms with Crippen molar-refractivity contribution in [3.63, 3.8) is 0 Å². The number of fused-ring (bicyclic) bond motifs is 3. The van der Waals surface area contributed by atoms with Gasteiger partial charge in [0.25, 0.3) is 0 Å². The molecule has 0 aliphatic heterocycles. The first-order valence-electron chi connectivity index (χ1n) is 9.28. The smallest absolute Gasteiger partial charge is 0.125 e. The topological polar surface area (TPSA) is 39.2 Å². The normalized spacial score (nSPS) is 11.2. The predicted molar refractivity (Wildman–Crippen MR) is 113 cm³/mol. The quantitative estimate of drug-likeness (QED) is 0.309. The molecule has 4 aromatic rings. The van der Waals surface area contributed by atoms with Crippen LogP contribution in [0.3, 0.4) is 0 Å². The molecule has 1 aliphatic rings. The van der Waals surface area contributed by atoms with Crippen molar-refractivity contribution < 1.29 is 30.6 Å². The molecule has 0 saturated heterocycles. The number of Topliss-reactive ketones (excluding diaryl/α,β-unsaturated/α-hetero) is 1. The van der Waals surface area contributed by atoms with Crippen LogP contribution in [-0.2, 0) is 27.5 Å². The van der Waals surface area contributed by atoms with E-state index in [1.54, 1.807) is 25.4 Å². The van der Waals surface area contributed by atoms with Crippen molar-refractivity contribution in [1.29, 1.82) is 0 Å².